The van der Waals surface area contributed by atoms with Gasteiger partial charge in [0.05, 0.1) is 0 Å². The van der Waals surface area contributed by atoms with Gasteiger partial charge in [-0.25, -0.2) is 0 Å². The number of rotatable bonds is 2. The van der Waals surface area contributed by atoms with E-state index >= 15 is 0 Å². The minimum Gasteiger partial charge on any atom is -0.316 e. The number of nitrogens with zero attached hydrogens (tertiary/aromatic N) is 1. The zero-order chi connectivity index (χ0) is 13.6. The highest BCUT2D eigenvalue weighted by Gasteiger charge is 2.49. The van der Waals surface area contributed by atoms with Gasteiger partial charge in [-0.2, -0.15) is 0 Å². The third kappa shape index (κ3) is 2.21. The van der Waals surface area contributed by atoms with Crippen LogP contribution in [0.25, 0.3) is 0 Å². The number of likely N-dealkylation sites (tertiary alicyclic amines) is 1. The van der Waals surface area contributed by atoms with Crippen molar-refractivity contribution in [1.82, 2.24) is 10.2 Å². The Labute approximate surface area is 117 Å². The van der Waals surface area contributed by atoms with E-state index < -0.39 is 0 Å². The zero-order valence-corrected chi connectivity index (χ0v) is 12.7. The first kappa shape index (κ1) is 13.1. The first-order chi connectivity index (χ1) is 8.98. The van der Waals surface area contributed by atoms with Gasteiger partial charge in [0.15, 0.2) is 0 Å². The van der Waals surface area contributed by atoms with E-state index in [4.69, 9.17) is 0 Å². The van der Waals surface area contributed by atoms with Crippen LogP contribution in [-0.2, 0) is 6.54 Å². The third-order valence-corrected chi connectivity index (χ3v) is 5.38. The molecule has 2 heterocycles. The van der Waals surface area contributed by atoms with Gasteiger partial charge in [-0.3, -0.25) is 4.90 Å². The van der Waals surface area contributed by atoms with Gasteiger partial charge < -0.3 is 5.32 Å². The summed E-state index contributed by atoms with van der Waals surface area (Å²) in [6, 6.07) is 6.83. The second kappa shape index (κ2) is 4.60. The fourth-order valence-corrected chi connectivity index (χ4v) is 3.95. The molecule has 0 aromatic heterocycles. The number of nitrogens with one attached hydrogen (secondary N) is 1. The molecule has 0 aliphatic carbocycles. The number of hydrogen-bond acceptors (Lipinski definition) is 2. The maximum atomic E-state index is 3.56. The Morgan fingerprint density at radius 1 is 1.26 bits per heavy atom. The van der Waals surface area contributed by atoms with Crippen molar-refractivity contribution < 1.29 is 0 Å². The highest BCUT2D eigenvalue weighted by Crippen LogP contribution is 2.41. The molecule has 0 spiro atoms. The molecule has 1 aromatic rings. The van der Waals surface area contributed by atoms with E-state index in [1.54, 1.807) is 0 Å². The highest BCUT2D eigenvalue weighted by molar-refractivity contribution is 5.30. The molecule has 0 radical (unpaired) electrons. The molecule has 2 aliphatic heterocycles. The normalized spacial score (nSPS) is 29.7. The molecule has 2 saturated heterocycles. The molecule has 0 amide bonds. The van der Waals surface area contributed by atoms with E-state index in [9.17, 15) is 0 Å². The van der Waals surface area contributed by atoms with Crippen LogP contribution in [0.5, 0.6) is 0 Å². The number of aryl methyl sites for hydroxylation is 2. The molecule has 2 heteroatoms. The molecule has 2 nitrogen and oxygen atoms in total. The van der Waals surface area contributed by atoms with Crippen molar-refractivity contribution in [3.8, 4) is 0 Å². The molecule has 1 aromatic carbocycles. The van der Waals surface area contributed by atoms with Crippen LogP contribution in [0.1, 0.15) is 30.5 Å². The largest absolute Gasteiger partial charge is 0.316 e. The summed E-state index contributed by atoms with van der Waals surface area (Å²) >= 11 is 0. The molecule has 2 aliphatic rings. The summed E-state index contributed by atoms with van der Waals surface area (Å²) in [5, 5.41) is 3.56. The van der Waals surface area contributed by atoms with Crippen LogP contribution in [0, 0.1) is 25.7 Å². The summed E-state index contributed by atoms with van der Waals surface area (Å²) in [6.07, 6.45) is 0. The second-order valence-electron chi connectivity index (χ2n) is 6.99. The fraction of sp³-hybridized carbons (Fsp3) is 0.647. The predicted octanol–water partition coefficient (Wildman–Crippen LogP) is 2.73. The Morgan fingerprint density at radius 3 is 2.79 bits per heavy atom. The van der Waals surface area contributed by atoms with Crippen LogP contribution in [-0.4, -0.2) is 30.1 Å². The van der Waals surface area contributed by atoms with E-state index in [-0.39, 0.29) is 0 Å². The van der Waals surface area contributed by atoms with Gasteiger partial charge >= 0.3 is 0 Å². The summed E-state index contributed by atoms with van der Waals surface area (Å²) in [4.78, 5) is 2.70. The lowest BCUT2D eigenvalue weighted by Gasteiger charge is -2.36. The average molecular weight is 258 g/mol. The smallest absolute Gasteiger partial charge is 0.0242 e. The van der Waals surface area contributed by atoms with E-state index in [2.05, 4.69) is 56.1 Å². The third-order valence-electron chi connectivity index (χ3n) is 5.38. The average Bonchev–Trinajstić information content (AvgIpc) is 2.89. The lowest BCUT2D eigenvalue weighted by molar-refractivity contribution is 0.132. The maximum Gasteiger partial charge on any atom is 0.0242 e. The van der Waals surface area contributed by atoms with Crippen molar-refractivity contribution in [2.45, 2.75) is 39.8 Å². The van der Waals surface area contributed by atoms with E-state index in [1.807, 2.05) is 0 Å². The van der Waals surface area contributed by atoms with Crippen LogP contribution in [0.4, 0.5) is 0 Å². The molecule has 2 fully saturated rings. The van der Waals surface area contributed by atoms with Gasteiger partial charge in [0.2, 0.25) is 0 Å². The van der Waals surface area contributed by atoms with Crippen LogP contribution in [0.2, 0.25) is 0 Å². The number of benzene rings is 1. The predicted molar refractivity (Wildman–Crippen MR) is 80.3 cm³/mol. The molecule has 1 N–H and O–H groups in total. The quantitative estimate of drug-likeness (QED) is 0.877. The van der Waals surface area contributed by atoms with Crippen LogP contribution < -0.4 is 5.32 Å². The topological polar surface area (TPSA) is 15.3 Å². The van der Waals surface area contributed by atoms with Crippen molar-refractivity contribution in [3.05, 3.63) is 34.9 Å². The second-order valence-corrected chi connectivity index (χ2v) is 6.99. The van der Waals surface area contributed by atoms with Gasteiger partial charge in [0.1, 0.15) is 0 Å². The number of hydrogen-bond donors (Lipinski definition) is 1. The summed E-state index contributed by atoms with van der Waals surface area (Å²) in [6.45, 7) is 14.0. The van der Waals surface area contributed by atoms with Crippen LogP contribution >= 0.6 is 0 Å². The lowest BCUT2D eigenvalue weighted by Crippen LogP contribution is -2.44. The van der Waals surface area contributed by atoms with Crippen LogP contribution in [0.3, 0.4) is 0 Å². The summed E-state index contributed by atoms with van der Waals surface area (Å²) in [5.74, 6) is 1.66. The molecular formula is C17H26N2. The number of fused-ring (bicyclic) bond motifs is 1. The summed E-state index contributed by atoms with van der Waals surface area (Å²) in [5.41, 5.74) is 4.63. The molecule has 19 heavy (non-hydrogen) atoms. The first-order valence-corrected chi connectivity index (χ1v) is 7.50. The Balaban J connectivity index is 1.82. The molecular weight excluding hydrogens is 232 g/mol. The minimum absolute atomic E-state index is 0.324. The van der Waals surface area contributed by atoms with Gasteiger partial charge in [-0.1, -0.05) is 23.8 Å². The van der Waals surface area contributed by atoms with E-state index in [0.29, 0.717) is 5.54 Å². The van der Waals surface area contributed by atoms with Crippen molar-refractivity contribution in [3.63, 3.8) is 0 Å². The van der Waals surface area contributed by atoms with Crippen LogP contribution in [0.15, 0.2) is 18.2 Å². The first-order valence-electron chi connectivity index (χ1n) is 7.50. The van der Waals surface area contributed by atoms with Crippen molar-refractivity contribution in [2.75, 3.05) is 19.6 Å². The van der Waals surface area contributed by atoms with Crippen molar-refractivity contribution in [1.29, 1.82) is 0 Å². The Bertz CT molecular complexity index is 478. The van der Waals surface area contributed by atoms with Gasteiger partial charge in [0, 0.05) is 25.2 Å². The maximum absolute atomic E-state index is 3.56. The van der Waals surface area contributed by atoms with Crippen molar-refractivity contribution in [2.24, 2.45) is 11.8 Å². The highest BCUT2D eigenvalue weighted by atomic mass is 15.2. The SMILES string of the molecule is Cc1ccc(C)c(CN2CC3CNCC3C2(C)C)c1. The van der Waals surface area contributed by atoms with Gasteiger partial charge in [-0.05, 0) is 57.2 Å². The van der Waals surface area contributed by atoms with Gasteiger partial charge in [-0.15, -0.1) is 0 Å². The Morgan fingerprint density at radius 2 is 2.05 bits per heavy atom. The Hall–Kier alpha value is -0.860. The molecule has 104 valence electrons. The molecule has 2 unspecified atom stereocenters. The molecule has 0 saturated carbocycles. The van der Waals surface area contributed by atoms with Crippen molar-refractivity contribution >= 4 is 0 Å². The molecule has 2 atom stereocenters. The monoisotopic (exact) mass is 258 g/mol. The van der Waals surface area contributed by atoms with E-state index in [0.717, 1.165) is 18.4 Å². The summed E-state index contributed by atoms with van der Waals surface area (Å²) in [7, 11) is 0. The minimum atomic E-state index is 0.324. The fourth-order valence-electron chi connectivity index (χ4n) is 3.95. The molecule has 3 rings (SSSR count). The summed E-state index contributed by atoms with van der Waals surface area (Å²) < 4.78 is 0. The van der Waals surface area contributed by atoms with E-state index in [1.165, 1.54) is 36.3 Å². The van der Waals surface area contributed by atoms with Gasteiger partial charge in [0.25, 0.3) is 0 Å². The Kier molecular flexibility index (Phi) is 3.18. The standard InChI is InChI=1S/C17H26N2/c1-12-5-6-13(2)14(7-12)10-19-11-15-8-18-9-16(15)17(19,3)4/h5-7,15-16,18H,8-11H2,1-4H3. The lowest BCUT2D eigenvalue weighted by atomic mass is 9.84. The zero-order valence-electron chi connectivity index (χ0n) is 12.7. The molecule has 0 bridgehead atoms.